The monoisotopic (exact) mass is 226 g/mol. The summed E-state index contributed by atoms with van der Waals surface area (Å²) in [5.41, 5.74) is 0. The van der Waals surface area contributed by atoms with Crippen LogP contribution in [0.2, 0.25) is 0 Å². The van der Waals surface area contributed by atoms with E-state index in [-0.39, 0.29) is 12.0 Å². The van der Waals surface area contributed by atoms with Crippen LogP contribution < -0.4 is 10.2 Å². The Morgan fingerprint density at radius 2 is 2.38 bits per heavy atom. The standard InChI is InChI=1S/C10H18N4O2/c1-7-6-14(4-3-8(7)15)10-13-12-9(16-10)5-11-2/h7-8,11,15H,3-6H2,1-2H3. The maximum absolute atomic E-state index is 9.63. The third kappa shape index (κ3) is 2.33. The molecule has 1 fully saturated rings. The van der Waals surface area contributed by atoms with Gasteiger partial charge in [0.2, 0.25) is 5.89 Å². The lowest BCUT2D eigenvalue weighted by Crippen LogP contribution is -2.42. The van der Waals surface area contributed by atoms with Crippen LogP contribution in [0.4, 0.5) is 6.01 Å². The fourth-order valence-electron chi connectivity index (χ4n) is 1.90. The molecule has 90 valence electrons. The SMILES string of the molecule is CNCc1nnc(N2CCC(O)C(C)C2)o1. The first-order valence-corrected chi connectivity index (χ1v) is 5.60. The van der Waals surface area contributed by atoms with E-state index in [2.05, 4.69) is 15.5 Å². The molecule has 6 nitrogen and oxygen atoms in total. The summed E-state index contributed by atoms with van der Waals surface area (Å²) >= 11 is 0. The number of hydrogen-bond acceptors (Lipinski definition) is 6. The van der Waals surface area contributed by atoms with Crippen LogP contribution in [0.5, 0.6) is 0 Å². The predicted octanol–water partition coefficient (Wildman–Crippen LogP) is -0.00390. The number of piperidine rings is 1. The third-order valence-corrected chi connectivity index (χ3v) is 2.91. The molecule has 2 N–H and O–H groups in total. The summed E-state index contributed by atoms with van der Waals surface area (Å²) in [5.74, 6) is 0.838. The van der Waals surface area contributed by atoms with Gasteiger partial charge in [0.25, 0.3) is 0 Å². The molecule has 1 saturated heterocycles. The zero-order valence-corrected chi connectivity index (χ0v) is 9.68. The average Bonchev–Trinajstić information content (AvgIpc) is 2.71. The van der Waals surface area contributed by atoms with Gasteiger partial charge in [-0.2, -0.15) is 0 Å². The van der Waals surface area contributed by atoms with Gasteiger partial charge in [-0.05, 0) is 19.4 Å². The number of aliphatic hydroxyl groups is 1. The van der Waals surface area contributed by atoms with Gasteiger partial charge in [0.1, 0.15) is 0 Å². The van der Waals surface area contributed by atoms with Crippen LogP contribution >= 0.6 is 0 Å². The Morgan fingerprint density at radius 3 is 3.06 bits per heavy atom. The first-order chi connectivity index (χ1) is 7.70. The Labute approximate surface area is 94.7 Å². The van der Waals surface area contributed by atoms with Crippen LogP contribution in [-0.2, 0) is 6.54 Å². The molecule has 2 heterocycles. The van der Waals surface area contributed by atoms with E-state index in [0.717, 1.165) is 19.5 Å². The first-order valence-electron chi connectivity index (χ1n) is 5.60. The number of anilines is 1. The zero-order chi connectivity index (χ0) is 11.5. The second-order valence-corrected chi connectivity index (χ2v) is 4.29. The molecule has 0 saturated carbocycles. The third-order valence-electron chi connectivity index (χ3n) is 2.91. The molecule has 2 rings (SSSR count). The summed E-state index contributed by atoms with van der Waals surface area (Å²) in [6.07, 6.45) is 0.543. The quantitative estimate of drug-likeness (QED) is 0.755. The van der Waals surface area contributed by atoms with E-state index in [1.807, 2.05) is 18.9 Å². The Morgan fingerprint density at radius 1 is 1.56 bits per heavy atom. The highest BCUT2D eigenvalue weighted by Gasteiger charge is 2.26. The predicted molar refractivity (Wildman–Crippen MR) is 59.1 cm³/mol. The van der Waals surface area contributed by atoms with E-state index in [0.29, 0.717) is 18.5 Å². The Bertz CT molecular complexity index is 341. The lowest BCUT2D eigenvalue weighted by molar-refractivity contribution is 0.0955. The molecule has 16 heavy (non-hydrogen) atoms. The van der Waals surface area contributed by atoms with Crippen LogP contribution in [0.3, 0.4) is 0 Å². The van der Waals surface area contributed by atoms with Crippen LogP contribution in [0, 0.1) is 5.92 Å². The number of aliphatic hydroxyl groups excluding tert-OH is 1. The molecular formula is C10H18N4O2. The molecule has 0 amide bonds. The van der Waals surface area contributed by atoms with Crippen LogP contribution in [0.15, 0.2) is 4.42 Å². The van der Waals surface area contributed by atoms with Gasteiger partial charge >= 0.3 is 6.01 Å². The number of nitrogens with one attached hydrogen (secondary N) is 1. The van der Waals surface area contributed by atoms with Gasteiger partial charge in [-0.1, -0.05) is 12.0 Å². The molecular weight excluding hydrogens is 208 g/mol. The Kier molecular flexibility index (Phi) is 3.40. The Hall–Kier alpha value is -1.14. The molecule has 2 unspecified atom stereocenters. The van der Waals surface area contributed by atoms with Gasteiger partial charge in [0.05, 0.1) is 12.6 Å². The largest absolute Gasteiger partial charge is 0.407 e. The first kappa shape index (κ1) is 11.3. The summed E-state index contributed by atoms with van der Waals surface area (Å²) in [5, 5.41) is 20.5. The minimum atomic E-state index is -0.212. The molecule has 0 aliphatic carbocycles. The lowest BCUT2D eigenvalue weighted by Gasteiger charge is -2.32. The minimum Gasteiger partial charge on any atom is -0.407 e. The van der Waals surface area contributed by atoms with Crippen molar-refractivity contribution in [2.75, 3.05) is 25.0 Å². The minimum absolute atomic E-state index is 0.212. The molecule has 2 atom stereocenters. The molecule has 0 aromatic carbocycles. The molecule has 0 spiro atoms. The van der Waals surface area contributed by atoms with E-state index in [9.17, 15) is 5.11 Å². The second kappa shape index (κ2) is 4.80. The maximum atomic E-state index is 9.63. The van der Waals surface area contributed by atoms with Crippen molar-refractivity contribution in [3.63, 3.8) is 0 Å². The van der Waals surface area contributed by atoms with Crippen molar-refractivity contribution in [3.8, 4) is 0 Å². The fourth-order valence-corrected chi connectivity index (χ4v) is 1.90. The number of hydrogen-bond donors (Lipinski definition) is 2. The summed E-state index contributed by atoms with van der Waals surface area (Å²) in [7, 11) is 1.84. The topological polar surface area (TPSA) is 74.4 Å². The number of nitrogens with zero attached hydrogens (tertiary/aromatic N) is 3. The normalized spacial score (nSPS) is 26.1. The molecule has 6 heteroatoms. The van der Waals surface area contributed by atoms with Crippen LogP contribution in [0.1, 0.15) is 19.2 Å². The molecule has 1 aromatic heterocycles. The van der Waals surface area contributed by atoms with Crippen molar-refractivity contribution >= 4 is 6.01 Å². The van der Waals surface area contributed by atoms with E-state index >= 15 is 0 Å². The van der Waals surface area contributed by atoms with E-state index in [1.54, 1.807) is 0 Å². The maximum Gasteiger partial charge on any atom is 0.318 e. The second-order valence-electron chi connectivity index (χ2n) is 4.29. The smallest absolute Gasteiger partial charge is 0.318 e. The molecule has 1 aromatic rings. The molecule has 1 aliphatic rings. The number of rotatable bonds is 3. The number of aromatic nitrogens is 2. The summed E-state index contributed by atoms with van der Waals surface area (Å²) in [4.78, 5) is 2.03. The molecule has 1 aliphatic heterocycles. The summed E-state index contributed by atoms with van der Waals surface area (Å²) in [6, 6.07) is 0.559. The van der Waals surface area contributed by atoms with Gasteiger partial charge in [0, 0.05) is 13.1 Å². The van der Waals surface area contributed by atoms with Crippen molar-refractivity contribution in [3.05, 3.63) is 5.89 Å². The van der Waals surface area contributed by atoms with Crippen molar-refractivity contribution in [2.45, 2.75) is 26.0 Å². The van der Waals surface area contributed by atoms with Gasteiger partial charge in [-0.25, -0.2) is 0 Å². The van der Waals surface area contributed by atoms with Gasteiger partial charge in [-0.15, -0.1) is 5.10 Å². The summed E-state index contributed by atoms with van der Waals surface area (Å²) < 4.78 is 5.51. The van der Waals surface area contributed by atoms with Crippen molar-refractivity contribution in [1.29, 1.82) is 0 Å². The fraction of sp³-hybridized carbons (Fsp3) is 0.800. The van der Waals surface area contributed by atoms with E-state index in [4.69, 9.17) is 4.42 Å². The van der Waals surface area contributed by atoms with Crippen LogP contribution in [0.25, 0.3) is 0 Å². The highest BCUT2D eigenvalue weighted by atomic mass is 16.4. The van der Waals surface area contributed by atoms with Gasteiger partial charge in [0.15, 0.2) is 0 Å². The highest BCUT2D eigenvalue weighted by molar-refractivity contribution is 5.25. The van der Waals surface area contributed by atoms with Crippen molar-refractivity contribution in [1.82, 2.24) is 15.5 Å². The summed E-state index contributed by atoms with van der Waals surface area (Å²) in [6.45, 7) is 4.15. The van der Waals surface area contributed by atoms with E-state index in [1.165, 1.54) is 0 Å². The average molecular weight is 226 g/mol. The molecule has 0 radical (unpaired) electrons. The van der Waals surface area contributed by atoms with Crippen molar-refractivity contribution in [2.24, 2.45) is 5.92 Å². The molecule has 0 bridgehead atoms. The van der Waals surface area contributed by atoms with Crippen LogP contribution in [-0.4, -0.2) is 41.5 Å². The zero-order valence-electron chi connectivity index (χ0n) is 9.68. The van der Waals surface area contributed by atoms with E-state index < -0.39 is 0 Å². The highest BCUT2D eigenvalue weighted by Crippen LogP contribution is 2.21. The lowest BCUT2D eigenvalue weighted by atomic mass is 9.97. The van der Waals surface area contributed by atoms with Crippen molar-refractivity contribution < 1.29 is 9.52 Å². The van der Waals surface area contributed by atoms with Gasteiger partial charge < -0.3 is 19.7 Å². The van der Waals surface area contributed by atoms with Gasteiger partial charge in [-0.3, -0.25) is 0 Å². The Balaban J connectivity index is 2.01.